The largest absolute Gasteiger partial charge is 0.392 e. The van der Waals surface area contributed by atoms with E-state index >= 15 is 0 Å². The van der Waals surface area contributed by atoms with Crippen LogP contribution < -0.4 is 21.1 Å². The van der Waals surface area contributed by atoms with Crippen molar-refractivity contribution in [2.45, 2.75) is 57.5 Å². The number of aryl methyl sites for hydroxylation is 2. The van der Waals surface area contributed by atoms with E-state index in [2.05, 4.69) is 22.8 Å². The molecule has 1 saturated heterocycles. The summed E-state index contributed by atoms with van der Waals surface area (Å²) in [5.74, 6) is 0.600. The first-order valence-electron chi connectivity index (χ1n) is 15.5. The van der Waals surface area contributed by atoms with E-state index in [0.29, 0.717) is 23.7 Å². The van der Waals surface area contributed by atoms with Crippen molar-refractivity contribution in [1.82, 2.24) is 9.88 Å². The van der Waals surface area contributed by atoms with Gasteiger partial charge in [0.2, 0.25) is 0 Å². The van der Waals surface area contributed by atoms with Crippen LogP contribution in [-0.2, 0) is 32.9 Å². The summed E-state index contributed by atoms with van der Waals surface area (Å²) in [7, 11) is 1.74. The van der Waals surface area contributed by atoms with Gasteiger partial charge in [0.25, 0.3) is 11.5 Å². The molecule has 0 saturated carbocycles. The first-order valence-corrected chi connectivity index (χ1v) is 16.3. The number of nitrogens with one attached hydrogen (secondary N) is 2. The number of piperidine rings is 1. The molecule has 7 rings (SSSR count). The average Bonchev–Trinajstić information content (AvgIpc) is 3.43. The third kappa shape index (κ3) is 5.22. The summed E-state index contributed by atoms with van der Waals surface area (Å²) in [4.78, 5) is 31.1. The van der Waals surface area contributed by atoms with Crippen LogP contribution in [0.4, 0.5) is 17.1 Å². The maximum Gasteiger partial charge on any atom is 0.274 e. The highest BCUT2D eigenvalue weighted by Gasteiger charge is 2.33. The van der Waals surface area contributed by atoms with E-state index in [4.69, 9.17) is 0 Å². The maximum absolute atomic E-state index is 13.8. The number of benzene rings is 2. The summed E-state index contributed by atoms with van der Waals surface area (Å²) in [6.07, 6.45) is 9.47. The van der Waals surface area contributed by atoms with Gasteiger partial charge in [0, 0.05) is 41.5 Å². The number of amides is 1. The number of hydrogen-bond acceptors (Lipinski definition) is 6. The summed E-state index contributed by atoms with van der Waals surface area (Å²) < 4.78 is 1.57. The number of hydrogen-bond donors (Lipinski definition) is 3. The Kier molecular flexibility index (Phi) is 7.67. The molecule has 4 heterocycles. The van der Waals surface area contributed by atoms with E-state index in [1.54, 1.807) is 29.1 Å². The molecule has 2 aromatic carbocycles. The summed E-state index contributed by atoms with van der Waals surface area (Å²) in [5, 5.41) is 17.4. The quantitative estimate of drug-likeness (QED) is 0.259. The second kappa shape index (κ2) is 11.8. The van der Waals surface area contributed by atoms with Gasteiger partial charge < -0.3 is 25.2 Å². The Hall–Kier alpha value is -3.72. The van der Waals surface area contributed by atoms with Gasteiger partial charge in [-0.3, -0.25) is 9.59 Å². The van der Waals surface area contributed by atoms with E-state index in [1.165, 1.54) is 34.4 Å². The molecule has 7 nitrogen and oxygen atoms in total. The number of anilines is 3. The third-order valence-corrected chi connectivity index (χ3v) is 10.7. The smallest absolute Gasteiger partial charge is 0.274 e. The van der Waals surface area contributed by atoms with Crippen LogP contribution in [0.5, 0.6) is 0 Å². The van der Waals surface area contributed by atoms with Crippen LogP contribution in [0.25, 0.3) is 11.1 Å². The maximum atomic E-state index is 13.8. The zero-order valence-corrected chi connectivity index (χ0v) is 25.4. The van der Waals surface area contributed by atoms with Gasteiger partial charge in [-0.05, 0) is 110 Å². The highest BCUT2D eigenvalue weighted by molar-refractivity contribution is 7.14. The molecule has 2 aliphatic heterocycles. The number of carbonyl (C=O) groups excluding carboxylic acids is 1. The van der Waals surface area contributed by atoms with Gasteiger partial charge in [-0.25, -0.2) is 0 Å². The lowest BCUT2D eigenvalue weighted by molar-refractivity contribution is 0.0984. The number of nitrogens with zero attached hydrogens (tertiary/aromatic N) is 2. The molecule has 222 valence electrons. The summed E-state index contributed by atoms with van der Waals surface area (Å²) in [6, 6.07) is 16.1. The Bertz CT molecular complexity index is 1730. The zero-order valence-electron chi connectivity index (χ0n) is 24.6. The first kappa shape index (κ1) is 28.1. The SMILES string of the molecule is Cn1cc(-c2cccc(N3CCc4c(sc5c4CCCC5)C3=O)c2CO)cc(Nc2ccc(C3CCNCC3)cc2)c1=O. The van der Waals surface area contributed by atoms with Crippen LogP contribution >= 0.6 is 11.3 Å². The van der Waals surface area contributed by atoms with Gasteiger partial charge in [-0.2, -0.15) is 0 Å². The Morgan fingerprint density at radius 2 is 1.79 bits per heavy atom. The minimum atomic E-state index is -0.215. The van der Waals surface area contributed by atoms with Crippen LogP contribution in [-0.4, -0.2) is 35.2 Å². The summed E-state index contributed by atoms with van der Waals surface area (Å²) in [5.41, 5.74) is 8.23. The Morgan fingerprint density at radius 1 is 1.00 bits per heavy atom. The Balaban J connectivity index is 1.19. The minimum absolute atomic E-state index is 0.0308. The van der Waals surface area contributed by atoms with Crippen LogP contribution in [0.15, 0.2) is 59.5 Å². The normalized spacial score (nSPS) is 17.1. The van der Waals surface area contributed by atoms with Gasteiger partial charge in [-0.15, -0.1) is 11.3 Å². The number of aromatic nitrogens is 1. The second-order valence-electron chi connectivity index (χ2n) is 12.0. The van der Waals surface area contributed by atoms with Crippen molar-refractivity contribution in [2.24, 2.45) is 7.05 Å². The molecule has 8 heteroatoms. The summed E-state index contributed by atoms with van der Waals surface area (Å²) >= 11 is 1.67. The van der Waals surface area contributed by atoms with Gasteiger partial charge in [0.1, 0.15) is 5.69 Å². The average molecular weight is 595 g/mol. The van der Waals surface area contributed by atoms with Crippen molar-refractivity contribution >= 4 is 34.3 Å². The van der Waals surface area contributed by atoms with Crippen LogP contribution in [0.1, 0.15) is 68.4 Å². The molecule has 1 fully saturated rings. The van der Waals surface area contributed by atoms with Crippen LogP contribution in [0.2, 0.25) is 0 Å². The van der Waals surface area contributed by atoms with E-state index in [0.717, 1.165) is 72.6 Å². The molecule has 1 aliphatic carbocycles. The van der Waals surface area contributed by atoms with Crippen LogP contribution in [0, 0.1) is 0 Å². The number of thiophene rings is 1. The van der Waals surface area contributed by atoms with E-state index in [9.17, 15) is 14.7 Å². The molecular weight excluding hydrogens is 556 g/mol. The van der Waals surface area contributed by atoms with Gasteiger partial charge >= 0.3 is 0 Å². The third-order valence-electron chi connectivity index (χ3n) is 9.40. The Labute approximate surface area is 256 Å². The topological polar surface area (TPSA) is 86.6 Å². The number of aliphatic hydroxyl groups excluding tert-OH is 1. The predicted octanol–water partition coefficient (Wildman–Crippen LogP) is 5.90. The molecule has 0 radical (unpaired) electrons. The predicted molar refractivity (Wildman–Crippen MR) is 174 cm³/mol. The van der Waals surface area contributed by atoms with Gasteiger partial charge in [-0.1, -0.05) is 24.3 Å². The van der Waals surface area contributed by atoms with E-state index in [1.807, 2.05) is 41.3 Å². The van der Waals surface area contributed by atoms with Crippen molar-refractivity contribution < 1.29 is 9.90 Å². The molecular formula is C35H38N4O3S. The number of pyridine rings is 1. The van der Waals surface area contributed by atoms with Gasteiger partial charge in [0.15, 0.2) is 0 Å². The monoisotopic (exact) mass is 594 g/mol. The fourth-order valence-corrected chi connectivity index (χ4v) is 8.50. The molecule has 2 aromatic heterocycles. The highest BCUT2D eigenvalue weighted by atomic mass is 32.1. The lowest BCUT2D eigenvalue weighted by Gasteiger charge is -2.30. The minimum Gasteiger partial charge on any atom is -0.392 e. The molecule has 0 atom stereocenters. The Morgan fingerprint density at radius 3 is 2.58 bits per heavy atom. The number of aliphatic hydroxyl groups is 1. The zero-order chi connectivity index (χ0) is 29.5. The molecule has 0 unspecified atom stereocenters. The van der Waals surface area contributed by atoms with Crippen molar-refractivity contribution in [3.05, 3.63) is 97.1 Å². The first-order chi connectivity index (χ1) is 21.0. The molecule has 43 heavy (non-hydrogen) atoms. The van der Waals surface area contributed by atoms with Crippen molar-refractivity contribution in [1.29, 1.82) is 0 Å². The molecule has 0 bridgehead atoms. The second-order valence-corrected chi connectivity index (χ2v) is 13.1. The van der Waals surface area contributed by atoms with Crippen molar-refractivity contribution in [2.75, 3.05) is 29.9 Å². The van der Waals surface area contributed by atoms with Crippen molar-refractivity contribution in [3.63, 3.8) is 0 Å². The fraction of sp³-hybridized carbons (Fsp3) is 0.371. The van der Waals surface area contributed by atoms with Gasteiger partial charge in [0.05, 0.1) is 17.2 Å². The number of fused-ring (bicyclic) bond motifs is 3. The number of carbonyl (C=O) groups is 1. The summed E-state index contributed by atoms with van der Waals surface area (Å²) in [6.45, 7) is 2.48. The standard InChI is InChI=1S/C35H38N4O3S/c1-38-20-24(19-30(34(38)41)37-25-11-9-22(10-12-25)23-13-16-36-17-14-23)26-6-4-7-31(29(26)21-40)39-18-15-28-27-5-2-3-8-32(27)43-33(28)35(39)42/h4,6-7,9-12,19-20,23,36-37,40H,2-3,5,8,13-18,21H2,1H3. The van der Waals surface area contributed by atoms with E-state index < -0.39 is 0 Å². The van der Waals surface area contributed by atoms with Crippen molar-refractivity contribution in [3.8, 4) is 11.1 Å². The molecule has 0 spiro atoms. The fourth-order valence-electron chi connectivity index (χ4n) is 7.11. The lowest BCUT2D eigenvalue weighted by Crippen LogP contribution is -2.37. The highest BCUT2D eigenvalue weighted by Crippen LogP contribution is 2.40. The molecule has 4 aromatic rings. The molecule has 3 aliphatic rings. The molecule has 1 amide bonds. The molecule has 3 N–H and O–H groups in total. The van der Waals surface area contributed by atoms with Crippen LogP contribution in [0.3, 0.4) is 0 Å². The lowest BCUT2D eigenvalue weighted by atomic mass is 9.90. The van der Waals surface area contributed by atoms with E-state index in [-0.39, 0.29) is 18.1 Å². The number of rotatable bonds is 6.